The third kappa shape index (κ3) is 2.75. The molecule has 0 spiro atoms. The van der Waals surface area contributed by atoms with Gasteiger partial charge in [0.1, 0.15) is 5.78 Å². The van der Waals surface area contributed by atoms with Crippen LogP contribution < -0.4 is 10.6 Å². The summed E-state index contributed by atoms with van der Waals surface area (Å²) >= 11 is 6.22. The molecule has 2 aromatic rings. The number of rotatable bonds is 3. The maximum absolute atomic E-state index is 12.5. The molecule has 1 unspecified atom stereocenters. The Balaban J connectivity index is 2.16. The monoisotopic (exact) mass is 314 g/mol. The molecule has 1 fully saturated rings. The van der Waals surface area contributed by atoms with Crippen LogP contribution in [0.1, 0.15) is 25.7 Å². The van der Waals surface area contributed by atoms with Crippen LogP contribution in [0, 0.1) is 0 Å². The molecule has 1 saturated carbocycles. The minimum atomic E-state index is -2.07. The Hall–Kier alpha value is -1.24. The van der Waals surface area contributed by atoms with Crippen LogP contribution >= 0.6 is 6.04 Å². The Kier molecular flexibility index (Phi) is 4.37. The largest absolute Gasteiger partial charge is 0.299 e. The highest BCUT2D eigenvalue weighted by molar-refractivity contribution is 8.22. The number of carbonyl (C=O) groups excluding carboxylic acids is 1. The minimum absolute atomic E-state index is 0.0195. The van der Waals surface area contributed by atoms with Crippen molar-refractivity contribution in [3.63, 3.8) is 0 Å². The third-order valence-electron chi connectivity index (χ3n) is 4.24. The molecule has 0 radical (unpaired) electrons. The molecule has 0 amide bonds. The molecule has 1 aliphatic carbocycles. The Labute approximate surface area is 131 Å². The second-order valence-electron chi connectivity index (χ2n) is 5.56. The summed E-state index contributed by atoms with van der Waals surface area (Å²) in [5.74, 6) is 0.372. The van der Waals surface area contributed by atoms with Gasteiger partial charge in [-0.2, -0.15) is 0 Å². The fraction of sp³-hybridized carbons (Fsp3) is 0.278. The molecule has 3 rings (SSSR count). The lowest BCUT2D eigenvalue weighted by Gasteiger charge is -2.33. The van der Waals surface area contributed by atoms with Gasteiger partial charge in [0, 0.05) is 12.5 Å². The summed E-state index contributed by atoms with van der Waals surface area (Å²) in [6, 6.07) is 18.5. The molecule has 0 aromatic heterocycles. The number of benzene rings is 2. The standard InChI is InChI=1S/C18H19OPS/c19-17-13-7-8-14-18(17)20(21,15-9-3-1-4-10-15)16-11-5-2-6-12-16/h1-6,9-12,18H,7-8,13-14H2. The van der Waals surface area contributed by atoms with Crippen LogP contribution in [0.5, 0.6) is 0 Å². The summed E-state index contributed by atoms with van der Waals surface area (Å²) in [5, 5.41) is 2.35. The Bertz CT molecular complexity index is 623. The number of ketones is 1. The molecule has 0 heterocycles. The third-order valence-corrected chi connectivity index (χ3v) is 9.82. The topological polar surface area (TPSA) is 17.1 Å². The van der Waals surface area contributed by atoms with Gasteiger partial charge in [0.2, 0.25) is 0 Å². The summed E-state index contributed by atoms with van der Waals surface area (Å²) in [5.41, 5.74) is 0.0195. The van der Waals surface area contributed by atoms with Gasteiger partial charge in [0.25, 0.3) is 0 Å². The van der Waals surface area contributed by atoms with Gasteiger partial charge in [-0.25, -0.2) is 0 Å². The molecule has 1 nitrogen and oxygen atoms in total. The fourth-order valence-electron chi connectivity index (χ4n) is 3.16. The zero-order chi connectivity index (χ0) is 14.7. The maximum atomic E-state index is 12.5. The van der Waals surface area contributed by atoms with Crippen LogP contribution in [0.3, 0.4) is 0 Å². The van der Waals surface area contributed by atoms with E-state index in [4.69, 9.17) is 11.8 Å². The van der Waals surface area contributed by atoms with Crippen molar-refractivity contribution in [3.05, 3.63) is 60.7 Å². The van der Waals surface area contributed by atoms with Crippen LogP contribution in [0.25, 0.3) is 0 Å². The number of carbonyl (C=O) groups is 1. The van der Waals surface area contributed by atoms with Crippen LogP contribution in [-0.2, 0) is 16.6 Å². The molecule has 1 aliphatic rings. The molecule has 108 valence electrons. The Morgan fingerprint density at radius 2 is 1.38 bits per heavy atom. The first-order valence-electron chi connectivity index (χ1n) is 7.46. The highest BCUT2D eigenvalue weighted by Gasteiger charge is 2.37. The van der Waals surface area contributed by atoms with Crippen molar-refractivity contribution in [3.8, 4) is 0 Å². The average molecular weight is 314 g/mol. The number of hydrogen-bond donors (Lipinski definition) is 0. The van der Waals surface area contributed by atoms with Crippen molar-refractivity contribution in [2.75, 3.05) is 0 Å². The van der Waals surface area contributed by atoms with E-state index < -0.39 is 6.04 Å². The summed E-state index contributed by atoms with van der Waals surface area (Å²) in [6.45, 7) is 0. The van der Waals surface area contributed by atoms with Crippen molar-refractivity contribution >= 4 is 34.2 Å². The fourth-order valence-corrected chi connectivity index (χ4v) is 7.89. The van der Waals surface area contributed by atoms with E-state index in [2.05, 4.69) is 24.3 Å². The molecular formula is C18H19OPS. The van der Waals surface area contributed by atoms with Crippen molar-refractivity contribution in [1.29, 1.82) is 0 Å². The molecule has 0 N–H and O–H groups in total. The lowest BCUT2D eigenvalue weighted by molar-refractivity contribution is -0.119. The van der Waals surface area contributed by atoms with Gasteiger partial charge in [-0.3, -0.25) is 4.79 Å². The van der Waals surface area contributed by atoms with Crippen LogP contribution in [0.2, 0.25) is 0 Å². The predicted molar refractivity (Wildman–Crippen MR) is 93.7 cm³/mol. The van der Waals surface area contributed by atoms with Crippen LogP contribution in [0.15, 0.2) is 60.7 Å². The lowest BCUT2D eigenvalue weighted by Crippen LogP contribution is -2.33. The lowest BCUT2D eigenvalue weighted by atomic mass is 9.99. The smallest absolute Gasteiger partial charge is 0.141 e. The SMILES string of the molecule is O=C1CCCCC1P(=S)(c1ccccc1)c1ccccc1. The second-order valence-corrected chi connectivity index (χ2v) is 10.3. The second kappa shape index (κ2) is 6.25. The molecule has 3 heteroatoms. The van der Waals surface area contributed by atoms with E-state index in [1.54, 1.807) is 0 Å². The number of Topliss-reactive ketones (excluding diaryl/α,β-unsaturated/α-hetero) is 1. The van der Waals surface area contributed by atoms with Gasteiger partial charge >= 0.3 is 0 Å². The van der Waals surface area contributed by atoms with Gasteiger partial charge in [-0.15, -0.1) is 0 Å². The molecule has 2 aromatic carbocycles. The van der Waals surface area contributed by atoms with E-state index >= 15 is 0 Å². The van der Waals surface area contributed by atoms with Gasteiger partial charge in [-0.05, 0) is 23.5 Å². The quantitative estimate of drug-likeness (QED) is 0.805. The molecule has 0 aliphatic heterocycles. The van der Waals surface area contributed by atoms with Crippen LogP contribution in [-0.4, -0.2) is 11.4 Å². The Morgan fingerprint density at radius 3 is 1.86 bits per heavy atom. The van der Waals surface area contributed by atoms with E-state index in [0.717, 1.165) is 19.3 Å². The molecule has 21 heavy (non-hydrogen) atoms. The van der Waals surface area contributed by atoms with Gasteiger partial charge in [0.15, 0.2) is 0 Å². The predicted octanol–water partition coefficient (Wildman–Crippen LogP) is 3.63. The zero-order valence-electron chi connectivity index (χ0n) is 11.9. The maximum Gasteiger partial charge on any atom is 0.141 e. The van der Waals surface area contributed by atoms with Gasteiger partial charge in [0.05, 0.1) is 5.66 Å². The summed E-state index contributed by atoms with van der Waals surface area (Å²) in [7, 11) is 0. The first kappa shape index (κ1) is 14.7. The molecule has 0 bridgehead atoms. The molecule has 0 saturated heterocycles. The van der Waals surface area contributed by atoms with Crippen molar-refractivity contribution in [1.82, 2.24) is 0 Å². The van der Waals surface area contributed by atoms with Gasteiger partial charge < -0.3 is 0 Å². The first-order chi connectivity index (χ1) is 10.2. The summed E-state index contributed by atoms with van der Waals surface area (Å²) in [4.78, 5) is 12.5. The molecule has 1 atom stereocenters. The highest BCUT2D eigenvalue weighted by atomic mass is 32.4. The van der Waals surface area contributed by atoms with E-state index in [1.165, 1.54) is 10.6 Å². The van der Waals surface area contributed by atoms with Crippen molar-refractivity contribution in [2.24, 2.45) is 0 Å². The Morgan fingerprint density at radius 1 is 0.857 bits per heavy atom. The summed E-state index contributed by atoms with van der Waals surface area (Å²) in [6.07, 6.45) is 3.78. The van der Waals surface area contributed by atoms with E-state index in [1.807, 2.05) is 36.4 Å². The minimum Gasteiger partial charge on any atom is -0.299 e. The van der Waals surface area contributed by atoms with Gasteiger partial charge in [-0.1, -0.05) is 78.9 Å². The molecular weight excluding hydrogens is 295 g/mol. The normalized spacial score (nSPS) is 19.4. The average Bonchev–Trinajstić information content (AvgIpc) is 2.56. The van der Waals surface area contributed by atoms with E-state index in [-0.39, 0.29) is 5.66 Å². The van der Waals surface area contributed by atoms with E-state index in [9.17, 15) is 4.79 Å². The first-order valence-corrected chi connectivity index (χ1v) is 10.3. The van der Waals surface area contributed by atoms with Crippen molar-refractivity contribution in [2.45, 2.75) is 31.3 Å². The zero-order valence-corrected chi connectivity index (χ0v) is 13.7. The highest BCUT2D eigenvalue weighted by Crippen LogP contribution is 2.52. The summed E-state index contributed by atoms with van der Waals surface area (Å²) < 4.78 is 0. The van der Waals surface area contributed by atoms with E-state index in [0.29, 0.717) is 12.2 Å². The number of hydrogen-bond acceptors (Lipinski definition) is 2. The van der Waals surface area contributed by atoms with Crippen LogP contribution in [0.4, 0.5) is 0 Å². The van der Waals surface area contributed by atoms with Crippen molar-refractivity contribution < 1.29 is 4.79 Å².